The molecule has 0 unspecified atom stereocenters. The van der Waals surface area contributed by atoms with E-state index < -0.39 is 0 Å². The predicted octanol–water partition coefficient (Wildman–Crippen LogP) is 3.97. The molecule has 19 heavy (non-hydrogen) atoms. The minimum Gasteiger partial charge on any atom is -0.439 e. The smallest absolute Gasteiger partial charge is 0.224 e. The summed E-state index contributed by atoms with van der Waals surface area (Å²) in [4.78, 5) is 8.55. The van der Waals surface area contributed by atoms with E-state index in [1.165, 1.54) is 0 Å². The highest BCUT2D eigenvalue weighted by Gasteiger charge is 2.06. The van der Waals surface area contributed by atoms with Gasteiger partial charge in [-0.1, -0.05) is 11.6 Å². The van der Waals surface area contributed by atoms with Gasteiger partial charge in [-0.05, 0) is 44.5 Å². The van der Waals surface area contributed by atoms with E-state index in [0.29, 0.717) is 16.7 Å². The van der Waals surface area contributed by atoms with Crippen molar-refractivity contribution in [2.24, 2.45) is 0 Å². The van der Waals surface area contributed by atoms with Crippen molar-refractivity contribution in [1.29, 1.82) is 0 Å². The molecular weight excluding hydrogens is 262 g/mol. The molecule has 1 N–H and O–H groups in total. The van der Waals surface area contributed by atoms with Crippen LogP contribution in [0.5, 0.6) is 11.6 Å². The van der Waals surface area contributed by atoms with E-state index in [-0.39, 0.29) is 0 Å². The molecule has 2 aromatic rings. The minimum atomic E-state index is 0.522. The maximum atomic E-state index is 5.92. The zero-order valence-electron chi connectivity index (χ0n) is 11.2. The number of ether oxygens (including phenoxy) is 1. The van der Waals surface area contributed by atoms with Gasteiger partial charge in [0.25, 0.3) is 0 Å². The van der Waals surface area contributed by atoms with Crippen molar-refractivity contribution in [2.45, 2.75) is 20.8 Å². The molecule has 1 aromatic carbocycles. The summed E-state index contributed by atoms with van der Waals surface area (Å²) in [6.07, 6.45) is 0. The number of nitrogens with one attached hydrogen (secondary N) is 1. The van der Waals surface area contributed by atoms with Gasteiger partial charge in [0, 0.05) is 17.6 Å². The first-order valence-corrected chi connectivity index (χ1v) is 6.50. The van der Waals surface area contributed by atoms with Crippen LogP contribution in [0.4, 0.5) is 5.82 Å². The monoisotopic (exact) mass is 277 g/mol. The van der Waals surface area contributed by atoms with Gasteiger partial charge in [0.15, 0.2) is 0 Å². The lowest BCUT2D eigenvalue weighted by Crippen LogP contribution is -2.02. The topological polar surface area (TPSA) is 47.0 Å². The second-order valence-corrected chi connectivity index (χ2v) is 4.62. The molecule has 0 saturated carbocycles. The molecule has 0 aliphatic rings. The van der Waals surface area contributed by atoms with Gasteiger partial charge in [-0.25, -0.2) is 4.98 Å². The zero-order valence-corrected chi connectivity index (χ0v) is 12.0. The van der Waals surface area contributed by atoms with E-state index in [2.05, 4.69) is 15.3 Å². The predicted molar refractivity (Wildman–Crippen MR) is 77.2 cm³/mol. The van der Waals surface area contributed by atoms with Crippen molar-refractivity contribution in [2.75, 3.05) is 11.9 Å². The van der Waals surface area contributed by atoms with Crippen molar-refractivity contribution in [3.8, 4) is 11.6 Å². The number of hydrogen-bond acceptors (Lipinski definition) is 4. The molecular formula is C14H16ClN3O. The van der Waals surface area contributed by atoms with Gasteiger partial charge < -0.3 is 10.1 Å². The van der Waals surface area contributed by atoms with Crippen LogP contribution < -0.4 is 10.1 Å². The molecule has 0 saturated heterocycles. The molecule has 0 aliphatic heterocycles. The molecule has 0 amide bonds. The molecule has 0 atom stereocenters. The first-order valence-electron chi connectivity index (χ1n) is 6.12. The Morgan fingerprint density at radius 3 is 2.68 bits per heavy atom. The van der Waals surface area contributed by atoms with E-state index >= 15 is 0 Å². The summed E-state index contributed by atoms with van der Waals surface area (Å²) in [6.45, 7) is 6.60. The van der Waals surface area contributed by atoms with Gasteiger partial charge in [-0.15, -0.1) is 0 Å². The summed E-state index contributed by atoms with van der Waals surface area (Å²) in [5.74, 6) is 2.69. The fourth-order valence-electron chi connectivity index (χ4n) is 1.70. The molecule has 1 heterocycles. The number of halogens is 1. The maximum Gasteiger partial charge on any atom is 0.224 e. The van der Waals surface area contributed by atoms with E-state index in [4.69, 9.17) is 16.3 Å². The van der Waals surface area contributed by atoms with Gasteiger partial charge in [0.2, 0.25) is 5.88 Å². The van der Waals surface area contributed by atoms with E-state index in [1.54, 1.807) is 12.1 Å². The summed E-state index contributed by atoms with van der Waals surface area (Å²) in [5, 5.41) is 3.84. The van der Waals surface area contributed by atoms with E-state index in [1.807, 2.05) is 32.9 Å². The Labute approximate surface area is 117 Å². The standard InChI is InChI=1S/C14H16ClN3O/c1-4-16-13-8-14(18-10(3)17-13)19-12-6-5-11(15)7-9(12)2/h5-8H,4H2,1-3H3,(H,16,17,18). The third-order valence-corrected chi connectivity index (χ3v) is 2.76. The van der Waals surface area contributed by atoms with Crippen LogP contribution in [0.3, 0.4) is 0 Å². The van der Waals surface area contributed by atoms with Gasteiger partial charge >= 0.3 is 0 Å². The summed E-state index contributed by atoms with van der Waals surface area (Å²) in [5.41, 5.74) is 0.966. The van der Waals surface area contributed by atoms with Crippen molar-refractivity contribution in [1.82, 2.24) is 9.97 Å². The van der Waals surface area contributed by atoms with Crippen LogP contribution in [-0.4, -0.2) is 16.5 Å². The van der Waals surface area contributed by atoms with Gasteiger partial charge in [0.05, 0.1) is 0 Å². The number of benzene rings is 1. The summed E-state index contributed by atoms with van der Waals surface area (Å²) in [6, 6.07) is 7.27. The SMILES string of the molecule is CCNc1cc(Oc2ccc(Cl)cc2C)nc(C)n1. The first kappa shape index (κ1) is 13.6. The Hall–Kier alpha value is -1.81. The summed E-state index contributed by atoms with van der Waals surface area (Å²) >= 11 is 5.92. The van der Waals surface area contributed by atoms with Crippen molar-refractivity contribution in [3.05, 3.63) is 40.7 Å². The van der Waals surface area contributed by atoms with Crippen molar-refractivity contribution in [3.63, 3.8) is 0 Å². The largest absolute Gasteiger partial charge is 0.439 e. The van der Waals surface area contributed by atoms with Crippen LogP contribution in [0.15, 0.2) is 24.3 Å². The number of aryl methyl sites for hydroxylation is 2. The maximum absolute atomic E-state index is 5.92. The molecule has 4 nitrogen and oxygen atoms in total. The van der Waals surface area contributed by atoms with Crippen LogP contribution in [0.1, 0.15) is 18.3 Å². The highest BCUT2D eigenvalue weighted by Crippen LogP contribution is 2.27. The number of hydrogen-bond donors (Lipinski definition) is 1. The zero-order chi connectivity index (χ0) is 13.8. The van der Waals surface area contributed by atoms with Crippen molar-refractivity contribution < 1.29 is 4.74 Å². The molecule has 2 rings (SSSR count). The third-order valence-electron chi connectivity index (χ3n) is 2.52. The number of nitrogens with zero attached hydrogens (tertiary/aromatic N) is 2. The molecule has 0 spiro atoms. The van der Waals surface area contributed by atoms with Gasteiger partial charge in [-0.3, -0.25) is 0 Å². The lowest BCUT2D eigenvalue weighted by atomic mass is 10.2. The second-order valence-electron chi connectivity index (χ2n) is 4.18. The Bertz CT molecular complexity index is 587. The number of anilines is 1. The van der Waals surface area contributed by atoms with Crippen LogP contribution >= 0.6 is 11.6 Å². The van der Waals surface area contributed by atoms with Crippen LogP contribution in [0, 0.1) is 13.8 Å². The lowest BCUT2D eigenvalue weighted by molar-refractivity contribution is 0.457. The molecule has 5 heteroatoms. The van der Waals surface area contributed by atoms with Crippen LogP contribution in [0.25, 0.3) is 0 Å². The highest BCUT2D eigenvalue weighted by molar-refractivity contribution is 6.30. The fraction of sp³-hybridized carbons (Fsp3) is 0.286. The first-order chi connectivity index (χ1) is 9.08. The fourth-order valence-corrected chi connectivity index (χ4v) is 1.93. The molecule has 0 bridgehead atoms. The lowest BCUT2D eigenvalue weighted by Gasteiger charge is -2.10. The Morgan fingerprint density at radius 1 is 1.21 bits per heavy atom. The molecule has 1 aromatic heterocycles. The second kappa shape index (κ2) is 5.89. The van der Waals surface area contributed by atoms with E-state index in [0.717, 1.165) is 23.7 Å². The van der Waals surface area contributed by atoms with Gasteiger partial charge in [-0.2, -0.15) is 4.98 Å². The van der Waals surface area contributed by atoms with E-state index in [9.17, 15) is 0 Å². The Morgan fingerprint density at radius 2 is 2.00 bits per heavy atom. The molecule has 100 valence electrons. The highest BCUT2D eigenvalue weighted by atomic mass is 35.5. The summed E-state index contributed by atoms with van der Waals surface area (Å²) < 4.78 is 5.78. The Balaban J connectivity index is 2.27. The van der Waals surface area contributed by atoms with Gasteiger partial charge in [0.1, 0.15) is 17.4 Å². The minimum absolute atomic E-state index is 0.522. The number of rotatable bonds is 4. The molecule has 0 radical (unpaired) electrons. The van der Waals surface area contributed by atoms with Crippen molar-refractivity contribution >= 4 is 17.4 Å². The molecule has 0 fully saturated rings. The van der Waals surface area contributed by atoms with Crippen LogP contribution in [0.2, 0.25) is 5.02 Å². The normalized spacial score (nSPS) is 10.3. The number of aromatic nitrogens is 2. The van der Waals surface area contributed by atoms with Crippen LogP contribution in [-0.2, 0) is 0 Å². The average Bonchev–Trinajstić information content (AvgIpc) is 2.32. The summed E-state index contributed by atoms with van der Waals surface area (Å²) in [7, 11) is 0. The Kier molecular flexibility index (Phi) is 4.22. The molecule has 0 aliphatic carbocycles. The average molecular weight is 278 g/mol. The third kappa shape index (κ3) is 3.58. The quantitative estimate of drug-likeness (QED) is 0.918.